The van der Waals surface area contributed by atoms with Crippen LogP contribution in [0.1, 0.15) is 23.3 Å². The van der Waals surface area contributed by atoms with Gasteiger partial charge in [-0.2, -0.15) is 0 Å². The molecule has 5 N–H and O–H groups in total. The van der Waals surface area contributed by atoms with Crippen LogP contribution in [0.25, 0.3) is 0 Å². The Hall–Kier alpha value is -2.68. The summed E-state index contributed by atoms with van der Waals surface area (Å²) in [4.78, 5) is 0. The van der Waals surface area contributed by atoms with E-state index < -0.39 is 61.0 Å². The molecule has 2 aromatic carbocycles. The number of hydrogen-bond acceptors (Lipinski definition) is 12. The highest BCUT2D eigenvalue weighted by atomic mass is 16.7. The minimum absolute atomic E-state index is 0.0134. The molecule has 214 valence electrons. The topological polar surface area (TPSA) is 166 Å². The summed E-state index contributed by atoms with van der Waals surface area (Å²) in [6.45, 7) is -0.382. The van der Waals surface area contributed by atoms with Crippen LogP contribution in [0.2, 0.25) is 0 Å². The van der Waals surface area contributed by atoms with Crippen LogP contribution in [-0.4, -0.2) is 103 Å². The summed E-state index contributed by atoms with van der Waals surface area (Å²) in [6.07, 6.45) is -8.59. The molecule has 12 nitrogen and oxygen atoms in total. The zero-order valence-corrected chi connectivity index (χ0v) is 21.8. The highest BCUT2D eigenvalue weighted by molar-refractivity contribution is 5.46. The van der Waals surface area contributed by atoms with Gasteiger partial charge in [0, 0.05) is 5.92 Å². The predicted octanol–water partition coefficient (Wildman–Crippen LogP) is 0.432. The van der Waals surface area contributed by atoms with Gasteiger partial charge >= 0.3 is 0 Å². The van der Waals surface area contributed by atoms with E-state index in [2.05, 4.69) is 0 Å². The van der Waals surface area contributed by atoms with Crippen molar-refractivity contribution in [3.8, 4) is 23.0 Å². The lowest BCUT2D eigenvalue weighted by molar-refractivity contribution is -0.333. The summed E-state index contributed by atoms with van der Waals surface area (Å²) < 4.78 is 40.9. The summed E-state index contributed by atoms with van der Waals surface area (Å²) in [5.74, 6) is 0.824. The van der Waals surface area contributed by atoms with Gasteiger partial charge in [-0.3, -0.25) is 0 Å². The Balaban J connectivity index is 1.54. The maximum absolute atomic E-state index is 10.8. The van der Waals surface area contributed by atoms with Crippen LogP contribution in [0, 0.1) is 5.92 Å². The van der Waals surface area contributed by atoms with E-state index in [4.69, 9.17) is 33.2 Å². The zero-order chi connectivity index (χ0) is 27.9. The van der Waals surface area contributed by atoms with Gasteiger partial charge in [-0.15, -0.1) is 0 Å². The molecule has 0 radical (unpaired) electrons. The van der Waals surface area contributed by atoms with Crippen LogP contribution in [0.5, 0.6) is 23.0 Å². The molecule has 3 aliphatic rings. The number of hydrogen-bond donors (Lipinski definition) is 5. The fraction of sp³-hybridized carbons (Fsp3) is 0.556. The molecule has 9 unspecified atom stereocenters. The van der Waals surface area contributed by atoms with Crippen molar-refractivity contribution in [2.24, 2.45) is 5.92 Å². The molecule has 3 fully saturated rings. The molecule has 3 saturated heterocycles. The summed E-state index contributed by atoms with van der Waals surface area (Å²) in [7, 11) is 4.50. The van der Waals surface area contributed by atoms with Crippen molar-refractivity contribution in [1.82, 2.24) is 0 Å². The van der Waals surface area contributed by atoms with Gasteiger partial charge < -0.3 is 58.7 Å². The third kappa shape index (κ3) is 4.70. The molecule has 0 aliphatic carbocycles. The van der Waals surface area contributed by atoms with Gasteiger partial charge in [-0.25, -0.2) is 0 Å². The van der Waals surface area contributed by atoms with Crippen LogP contribution in [0.15, 0.2) is 36.4 Å². The first kappa shape index (κ1) is 27.9. The van der Waals surface area contributed by atoms with Gasteiger partial charge in [0.15, 0.2) is 29.3 Å². The number of phenols is 1. The van der Waals surface area contributed by atoms with Crippen LogP contribution in [-0.2, 0) is 18.9 Å². The molecule has 3 heterocycles. The van der Waals surface area contributed by atoms with Gasteiger partial charge in [-0.1, -0.05) is 12.1 Å². The largest absolute Gasteiger partial charge is 0.504 e. The maximum Gasteiger partial charge on any atom is 0.187 e. The quantitative estimate of drug-likeness (QED) is 0.308. The Kier molecular flexibility index (Phi) is 7.91. The van der Waals surface area contributed by atoms with Gasteiger partial charge in [0.25, 0.3) is 0 Å². The van der Waals surface area contributed by atoms with Crippen LogP contribution in [0.4, 0.5) is 0 Å². The average Bonchev–Trinajstić information content (AvgIpc) is 3.49. The Morgan fingerprint density at radius 1 is 0.846 bits per heavy atom. The fourth-order valence-corrected chi connectivity index (χ4v) is 5.70. The monoisotopic (exact) mass is 550 g/mol. The van der Waals surface area contributed by atoms with Crippen molar-refractivity contribution in [3.05, 3.63) is 47.5 Å². The molecular weight excluding hydrogens is 516 g/mol. The molecule has 0 spiro atoms. The summed E-state index contributed by atoms with van der Waals surface area (Å²) in [6, 6.07) is 10.2. The molecule has 0 bridgehead atoms. The normalized spacial score (nSPS) is 36.0. The van der Waals surface area contributed by atoms with E-state index in [1.165, 1.54) is 27.4 Å². The first-order chi connectivity index (χ1) is 18.8. The number of phenolic OH excluding ortho intramolecular Hbond substituents is 1. The Morgan fingerprint density at radius 3 is 2.23 bits per heavy atom. The number of aliphatic hydroxyl groups excluding tert-OH is 4. The number of benzene rings is 2. The second-order valence-corrected chi connectivity index (χ2v) is 9.87. The SMILES string of the molecule is COc1cc(C2OCC3(OC4OC(CO)C(O)C(O)C4O)C(c4ccc(OC)c(OC)c4)OCC23)ccc1O. The molecule has 3 aliphatic heterocycles. The Morgan fingerprint density at radius 2 is 1.54 bits per heavy atom. The van der Waals surface area contributed by atoms with E-state index in [1.54, 1.807) is 24.3 Å². The minimum Gasteiger partial charge on any atom is -0.504 e. The maximum atomic E-state index is 10.8. The van der Waals surface area contributed by atoms with E-state index in [9.17, 15) is 25.5 Å². The highest BCUT2D eigenvalue weighted by Gasteiger charge is 2.63. The number of fused-ring (bicyclic) bond motifs is 1. The molecule has 12 heteroatoms. The average molecular weight is 551 g/mol. The van der Waals surface area contributed by atoms with Crippen molar-refractivity contribution in [3.63, 3.8) is 0 Å². The summed E-state index contributed by atoms with van der Waals surface area (Å²) in [5.41, 5.74) is 0.168. The van der Waals surface area contributed by atoms with Crippen LogP contribution < -0.4 is 14.2 Å². The zero-order valence-electron chi connectivity index (χ0n) is 21.8. The minimum atomic E-state index is -1.61. The summed E-state index contributed by atoms with van der Waals surface area (Å²) in [5, 5.41) is 51.2. The molecule has 0 amide bonds. The molecule has 0 aromatic heterocycles. The Bertz CT molecular complexity index is 1160. The van der Waals surface area contributed by atoms with Gasteiger partial charge in [0.2, 0.25) is 0 Å². The van der Waals surface area contributed by atoms with Gasteiger partial charge in [-0.05, 0) is 35.4 Å². The molecule has 0 saturated carbocycles. The number of aromatic hydroxyl groups is 1. The van der Waals surface area contributed by atoms with Crippen molar-refractivity contribution >= 4 is 0 Å². The number of ether oxygens (including phenoxy) is 7. The number of methoxy groups -OCH3 is 3. The van der Waals surface area contributed by atoms with Crippen LogP contribution >= 0.6 is 0 Å². The second kappa shape index (κ2) is 11.1. The molecular formula is C27H34O12. The smallest absolute Gasteiger partial charge is 0.187 e. The lowest BCUT2D eigenvalue weighted by Gasteiger charge is -2.44. The van der Waals surface area contributed by atoms with E-state index in [0.29, 0.717) is 22.6 Å². The third-order valence-electron chi connectivity index (χ3n) is 7.79. The Labute approximate surface area is 225 Å². The molecule has 39 heavy (non-hydrogen) atoms. The number of aliphatic hydroxyl groups is 4. The molecule has 5 rings (SSSR count). The van der Waals surface area contributed by atoms with Gasteiger partial charge in [0.05, 0.1) is 47.3 Å². The van der Waals surface area contributed by atoms with Crippen molar-refractivity contribution in [1.29, 1.82) is 0 Å². The van der Waals surface area contributed by atoms with Crippen molar-refractivity contribution in [2.45, 2.75) is 48.5 Å². The highest BCUT2D eigenvalue weighted by Crippen LogP contribution is 2.57. The third-order valence-corrected chi connectivity index (χ3v) is 7.79. The number of rotatable bonds is 8. The molecule has 2 aromatic rings. The van der Waals surface area contributed by atoms with E-state index in [1.807, 2.05) is 6.07 Å². The summed E-state index contributed by atoms with van der Waals surface area (Å²) >= 11 is 0. The van der Waals surface area contributed by atoms with E-state index in [0.717, 1.165) is 0 Å². The second-order valence-electron chi connectivity index (χ2n) is 9.87. The lowest BCUT2D eigenvalue weighted by Crippen LogP contribution is -2.61. The van der Waals surface area contributed by atoms with Gasteiger partial charge in [0.1, 0.15) is 36.1 Å². The predicted molar refractivity (Wildman–Crippen MR) is 133 cm³/mol. The van der Waals surface area contributed by atoms with Crippen LogP contribution in [0.3, 0.4) is 0 Å². The molecule has 9 atom stereocenters. The van der Waals surface area contributed by atoms with E-state index >= 15 is 0 Å². The first-order valence-corrected chi connectivity index (χ1v) is 12.6. The van der Waals surface area contributed by atoms with Crippen molar-refractivity contribution in [2.75, 3.05) is 41.2 Å². The fourth-order valence-electron chi connectivity index (χ4n) is 5.70. The lowest BCUT2D eigenvalue weighted by atomic mass is 9.80. The standard InChI is InChI=1S/C27H34O12/c1-33-17-7-5-14(9-19(17)35-3)25-27(39-26-23(32)22(31)21(30)20(10-28)38-26)12-37-24(15(27)11-36-25)13-4-6-16(29)18(8-13)34-2/h4-9,15,20-26,28-32H,10-12H2,1-3H3. The van der Waals surface area contributed by atoms with Crippen molar-refractivity contribution < 1.29 is 58.7 Å². The first-order valence-electron chi connectivity index (χ1n) is 12.6. The van der Waals surface area contributed by atoms with E-state index in [-0.39, 0.29) is 24.7 Å².